The molecule has 1 aliphatic heterocycles. The number of anilines is 1. The molecule has 1 N–H and O–H groups in total. The van der Waals surface area contributed by atoms with E-state index < -0.39 is 0 Å². The summed E-state index contributed by atoms with van der Waals surface area (Å²) in [6.45, 7) is 4.52. The van der Waals surface area contributed by atoms with Crippen LogP contribution in [0.5, 0.6) is 0 Å². The van der Waals surface area contributed by atoms with E-state index in [9.17, 15) is 4.79 Å². The Morgan fingerprint density at radius 1 is 1.04 bits per heavy atom. The van der Waals surface area contributed by atoms with Crippen molar-refractivity contribution in [2.24, 2.45) is 5.92 Å². The van der Waals surface area contributed by atoms with Crippen molar-refractivity contribution >= 4 is 46.4 Å². The van der Waals surface area contributed by atoms with Crippen molar-refractivity contribution < 1.29 is 4.79 Å². The van der Waals surface area contributed by atoms with Crippen LogP contribution in [0.4, 0.5) is 5.69 Å². The molecule has 138 valence electrons. The first-order chi connectivity index (χ1) is 12.4. The summed E-state index contributed by atoms with van der Waals surface area (Å²) in [5, 5.41) is 4.80. The van der Waals surface area contributed by atoms with Crippen molar-refractivity contribution in [3.05, 3.63) is 62.6 Å². The highest BCUT2D eigenvalue weighted by Gasteiger charge is 2.25. The van der Waals surface area contributed by atoms with Crippen molar-refractivity contribution in [2.75, 3.05) is 18.4 Å². The lowest BCUT2D eigenvalue weighted by Gasteiger charge is -2.31. The molecule has 26 heavy (non-hydrogen) atoms. The average Bonchev–Trinajstić information content (AvgIpc) is 2.62. The van der Waals surface area contributed by atoms with Crippen LogP contribution in [0.2, 0.25) is 15.1 Å². The highest BCUT2D eigenvalue weighted by atomic mass is 35.5. The van der Waals surface area contributed by atoms with E-state index in [0.717, 1.165) is 49.3 Å². The quantitative estimate of drug-likeness (QED) is 0.689. The zero-order valence-corrected chi connectivity index (χ0v) is 16.8. The van der Waals surface area contributed by atoms with Gasteiger partial charge in [0.1, 0.15) is 0 Å². The van der Waals surface area contributed by atoms with Crippen molar-refractivity contribution in [3.8, 4) is 0 Å². The molecule has 0 spiro atoms. The molecule has 0 radical (unpaired) electrons. The summed E-state index contributed by atoms with van der Waals surface area (Å²) in [7, 11) is 0. The molecule has 0 aromatic heterocycles. The number of nitrogens with zero attached hydrogens (tertiary/aromatic N) is 1. The second-order valence-electron chi connectivity index (χ2n) is 6.75. The van der Waals surface area contributed by atoms with Crippen molar-refractivity contribution in [3.63, 3.8) is 0 Å². The van der Waals surface area contributed by atoms with E-state index in [1.807, 2.05) is 37.3 Å². The first-order valence-electron chi connectivity index (χ1n) is 8.65. The van der Waals surface area contributed by atoms with Gasteiger partial charge in [-0.05, 0) is 68.2 Å². The van der Waals surface area contributed by atoms with Gasteiger partial charge in [-0.15, -0.1) is 0 Å². The van der Waals surface area contributed by atoms with Crippen molar-refractivity contribution in [1.82, 2.24) is 4.90 Å². The number of hydrogen-bond acceptors (Lipinski definition) is 2. The number of carbonyl (C=O) groups is 1. The number of carbonyl (C=O) groups excluding carboxylic acids is 1. The predicted molar refractivity (Wildman–Crippen MR) is 109 cm³/mol. The number of likely N-dealkylation sites (tertiary alicyclic amines) is 1. The Morgan fingerprint density at radius 3 is 2.42 bits per heavy atom. The number of rotatable bonds is 4. The van der Waals surface area contributed by atoms with Gasteiger partial charge >= 0.3 is 0 Å². The first-order valence-corrected chi connectivity index (χ1v) is 9.79. The van der Waals surface area contributed by atoms with Crippen LogP contribution in [-0.2, 0) is 11.3 Å². The Morgan fingerprint density at radius 2 is 1.77 bits per heavy atom. The van der Waals surface area contributed by atoms with Crippen LogP contribution in [-0.4, -0.2) is 23.9 Å². The minimum atomic E-state index is 0.0279. The maximum Gasteiger partial charge on any atom is 0.227 e. The Hall–Kier alpha value is -1.26. The van der Waals surface area contributed by atoms with Crippen LogP contribution in [0.3, 0.4) is 0 Å². The van der Waals surface area contributed by atoms with E-state index in [2.05, 4.69) is 10.2 Å². The van der Waals surface area contributed by atoms with Gasteiger partial charge < -0.3 is 5.32 Å². The second-order valence-corrected chi connectivity index (χ2v) is 7.97. The summed E-state index contributed by atoms with van der Waals surface area (Å²) in [4.78, 5) is 14.8. The number of piperidine rings is 1. The van der Waals surface area contributed by atoms with Gasteiger partial charge in [-0.1, -0.05) is 46.9 Å². The molecule has 0 saturated carbocycles. The van der Waals surface area contributed by atoms with Crippen LogP contribution in [0.15, 0.2) is 36.4 Å². The fourth-order valence-electron chi connectivity index (χ4n) is 3.16. The number of aryl methyl sites for hydroxylation is 1. The van der Waals surface area contributed by atoms with Crippen LogP contribution in [0, 0.1) is 12.8 Å². The van der Waals surface area contributed by atoms with Gasteiger partial charge in [-0.3, -0.25) is 9.69 Å². The van der Waals surface area contributed by atoms with E-state index in [-0.39, 0.29) is 11.8 Å². The molecule has 1 fully saturated rings. The summed E-state index contributed by atoms with van der Waals surface area (Å²) in [5.74, 6) is 0.0965. The smallest absolute Gasteiger partial charge is 0.227 e. The third-order valence-electron chi connectivity index (χ3n) is 4.79. The SMILES string of the molecule is Cc1ccc(NC(=O)C2CCN(Cc3ccc(Cl)c(Cl)c3)CC2)cc1Cl. The number of amides is 1. The van der Waals surface area contributed by atoms with E-state index in [4.69, 9.17) is 34.8 Å². The molecule has 0 unspecified atom stereocenters. The largest absolute Gasteiger partial charge is 0.326 e. The molecule has 3 rings (SSSR count). The van der Waals surface area contributed by atoms with Crippen LogP contribution in [0.25, 0.3) is 0 Å². The van der Waals surface area contributed by atoms with Gasteiger partial charge in [-0.2, -0.15) is 0 Å². The minimum absolute atomic E-state index is 0.0279. The molecule has 2 aromatic carbocycles. The molecular weight excluding hydrogens is 391 g/mol. The molecule has 1 amide bonds. The third-order valence-corrected chi connectivity index (χ3v) is 5.93. The van der Waals surface area contributed by atoms with Gasteiger partial charge in [0, 0.05) is 23.2 Å². The fourth-order valence-corrected chi connectivity index (χ4v) is 3.67. The number of benzene rings is 2. The van der Waals surface area contributed by atoms with Crippen LogP contribution < -0.4 is 5.32 Å². The highest BCUT2D eigenvalue weighted by molar-refractivity contribution is 6.42. The molecule has 0 aliphatic carbocycles. The van der Waals surface area contributed by atoms with Gasteiger partial charge in [0.15, 0.2) is 0 Å². The van der Waals surface area contributed by atoms with Gasteiger partial charge in [0.25, 0.3) is 0 Å². The highest BCUT2D eigenvalue weighted by Crippen LogP contribution is 2.26. The maximum atomic E-state index is 12.5. The van der Waals surface area contributed by atoms with Crippen molar-refractivity contribution in [1.29, 1.82) is 0 Å². The summed E-state index contributed by atoms with van der Waals surface area (Å²) in [5.41, 5.74) is 2.89. The normalized spacial score (nSPS) is 15.8. The zero-order chi connectivity index (χ0) is 18.7. The minimum Gasteiger partial charge on any atom is -0.326 e. The molecule has 1 saturated heterocycles. The first kappa shape index (κ1) is 19.5. The molecule has 0 atom stereocenters. The topological polar surface area (TPSA) is 32.3 Å². The van der Waals surface area contributed by atoms with E-state index in [0.29, 0.717) is 15.1 Å². The molecule has 0 bridgehead atoms. The molecule has 1 aliphatic rings. The Balaban J connectivity index is 1.51. The molecular formula is C20H21Cl3N2O. The monoisotopic (exact) mass is 410 g/mol. The lowest BCUT2D eigenvalue weighted by Crippen LogP contribution is -2.37. The number of halogens is 3. The van der Waals surface area contributed by atoms with Crippen LogP contribution >= 0.6 is 34.8 Å². The van der Waals surface area contributed by atoms with Gasteiger partial charge in [0.2, 0.25) is 5.91 Å². The summed E-state index contributed by atoms with van der Waals surface area (Å²) in [6.07, 6.45) is 1.68. The van der Waals surface area contributed by atoms with E-state index >= 15 is 0 Å². The lowest BCUT2D eigenvalue weighted by molar-refractivity contribution is -0.121. The molecule has 6 heteroatoms. The molecule has 1 heterocycles. The van der Waals surface area contributed by atoms with Crippen LogP contribution in [0.1, 0.15) is 24.0 Å². The van der Waals surface area contributed by atoms with Gasteiger partial charge in [-0.25, -0.2) is 0 Å². The second kappa shape index (κ2) is 8.62. The summed E-state index contributed by atoms with van der Waals surface area (Å²) >= 11 is 18.2. The fraction of sp³-hybridized carbons (Fsp3) is 0.350. The molecule has 3 nitrogen and oxygen atoms in total. The van der Waals surface area contributed by atoms with E-state index in [1.54, 1.807) is 6.07 Å². The zero-order valence-electron chi connectivity index (χ0n) is 14.6. The Bertz CT molecular complexity index is 802. The predicted octanol–water partition coefficient (Wildman–Crippen LogP) is 5.81. The molecule has 2 aromatic rings. The third kappa shape index (κ3) is 4.92. The Labute approximate surface area is 169 Å². The van der Waals surface area contributed by atoms with Crippen molar-refractivity contribution in [2.45, 2.75) is 26.3 Å². The maximum absolute atomic E-state index is 12.5. The average molecular weight is 412 g/mol. The number of nitrogens with one attached hydrogen (secondary N) is 1. The Kier molecular flexibility index (Phi) is 6.46. The summed E-state index contributed by atoms with van der Waals surface area (Å²) < 4.78 is 0. The standard InChI is InChI=1S/C20H21Cl3N2O/c1-13-2-4-16(11-18(13)22)24-20(26)15-6-8-25(9-7-15)12-14-3-5-17(21)19(23)10-14/h2-5,10-11,15H,6-9,12H2,1H3,(H,24,26). The van der Waals surface area contributed by atoms with E-state index in [1.165, 1.54) is 0 Å². The van der Waals surface area contributed by atoms with Gasteiger partial charge in [0.05, 0.1) is 10.0 Å². The lowest BCUT2D eigenvalue weighted by atomic mass is 9.95. The number of hydrogen-bond donors (Lipinski definition) is 1. The summed E-state index contributed by atoms with van der Waals surface area (Å²) in [6, 6.07) is 11.3.